The van der Waals surface area contributed by atoms with Crippen LogP contribution >= 0.6 is 0 Å². The highest BCUT2D eigenvalue weighted by Crippen LogP contribution is 2.08. The average molecular weight is 228 g/mol. The van der Waals surface area contributed by atoms with Crippen LogP contribution in [0, 0.1) is 11.3 Å². The highest BCUT2D eigenvalue weighted by Gasteiger charge is 2.04. The first-order chi connectivity index (χ1) is 8.30. The standard InChI is InChI=1S/C15H20N2/c1-3-5-10-17(9-4-2)13-15-8-6-7-14(11-15)12-16/h4,6-8,11H,2-3,5,9-10,13H2,1H3. The number of nitriles is 1. The van der Waals surface area contributed by atoms with Crippen LogP contribution in [0.2, 0.25) is 0 Å². The van der Waals surface area contributed by atoms with Gasteiger partial charge in [-0.15, -0.1) is 6.58 Å². The highest BCUT2D eigenvalue weighted by molar-refractivity contribution is 5.32. The van der Waals surface area contributed by atoms with Crippen molar-refractivity contribution < 1.29 is 0 Å². The van der Waals surface area contributed by atoms with Crippen LogP contribution in [0.25, 0.3) is 0 Å². The molecule has 0 bridgehead atoms. The van der Waals surface area contributed by atoms with Gasteiger partial charge in [-0.1, -0.05) is 31.6 Å². The minimum Gasteiger partial charge on any atom is -0.295 e. The van der Waals surface area contributed by atoms with Crippen molar-refractivity contribution >= 4 is 0 Å². The smallest absolute Gasteiger partial charge is 0.0991 e. The molecule has 1 aromatic rings. The first-order valence-corrected chi connectivity index (χ1v) is 6.12. The van der Waals surface area contributed by atoms with Gasteiger partial charge < -0.3 is 0 Å². The summed E-state index contributed by atoms with van der Waals surface area (Å²) in [6.07, 6.45) is 4.33. The van der Waals surface area contributed by atoms with Crippen molar-refractivity contribution in [3.05, 3.63) is 48.0 Å². The van der Waals surface area contributed by atoms with Crippen LogP contribution in [-0.2, 0) is 6.54 Å². The Labute approximate surface area is 104 Å². The fourth-order valence-electron chi connectivity index (χ4n) is 1.80. The summed E-state index contributed by atoms with van der Waals surface area (Å²) >= 11 is 0. The van der Waals surface area contributed by atoms with E-state index >= 15 is 0 Å². The monoisotopic (exact) mass is 228 g/mol. The zero-order valence-corrected chi connectivity index (χ0v) is 10.5. The molecule has 1 rings (SSSR count). The lowest BCUT2D eigenvalue weighted by atomic mass is 10.1. The predicted octanol–water partition coefficient (Wildman–Crippen LogP) is 3.35. The molecule has 0 unspecified atom stereocenters. The third-order valence-corrected chi connectivity index (χ3v) is 2.68. The molecule has 0 amide bonds. The van der Waals surface area contributed by atoms with Crippen LogP contribution < -0.4 is 0 Å². The maximum Gasteiger partial charge on any atom is 0.0991 e. The van der Waals surface area contributed by atoms with Gasteiger partial charge in [-0.3, -0.25) is 4.90 Å². The van der Waals surface area contributed by atoms with Gasteiger partial charge in [0, 0.05) is 13.1 Å². The molecule has 2 nitrogen and oxygen atoms in total. The van der Waals surface area contributed by atoms with Crippen molar-refractivity contribution in [3.8, 4) is 6.07 Å². The second-order valence-corrected chi connectivity index (χ2v) is 4.19. The molecule has 90 valence electrons. The molecule has 17 heavy (non-hydrogen) atoms. The fraction of sp³-hybridized carbons (Fsp3) is 0.400. The van der Waals surface area contributed by atoms with Gasteiger partial charge in [0.05, 0.1) is 11.6 Å². The third-order valence-electron chi connectivity index (χ3n) is 2.68. The Balaban J connectivity index is 2.64. The second-order valence-electron chi connectivity index (χ2n) is 4.19. The summed E-state index contributed by atoms with van der Waals surface area (Å²) in [5.41, 5.74) is 1.93. The molecule has 0 saturated heterocycles. The molecule has 0 saturated carbocycles. The van der Waals surface area contributed by atoms with Gasteiger partial charge in [0.2, 0.25) is 0 Å². The lowest BCUT2D eigenvalue weighted by Gasteiger charge is -2.20. The summed E-state index contributed by atoms with van der Waals surface area (Å²) in [6, 6.07) is 9.99. The third kappa shape index (κ3) is 4.84. The first-order valence-electron chi connectivity index (χ1n) is 6.12. The zero-order valence-electron chi connectivity index (χ0n) is 10.5. The number of hydrogen-bond donors (Lipinski definition) is 0. The van der Waals surface area contributed by atoms with Gasteiger partial charge in [0.25, 0.3) is 0 Å². The van der Waals surface area contributed by atoms with Gasteiger partial charge in [0.15, 0.2) is 0 Å². The molecule has 0 spiro atoms. The summed E-state index contributed by atoms with van der Waals surface area (Å²) in [7, 11) is 0. The quantitative estimate of drug-likeness (QED) is 0.669. The van der Waals surface area contributed by atoms with Crippen molar-refractivity contribution in [1.29, 1.82) is 5.26 Å². The number of nitrogens with zero attached hydrogens (tertiary/aromatic N) is 2. The summed E-state index contributed by atoms with van der Waals surface area (Å²) in [4.78, 5) is 2.35. The Morgan fingerprint density at radius 2 is 2.29 bits per heavy atom. The van der Waals surface area contributed by atoms with Crippen molar-refractivity contribution in [2.45, 2.75) is 26.3 Å². The average Bonchev–Trinajstić information content (AvgIpc) is 2.36. The zero-order chi connectivity index (χ0) is 12.5. The molecule has 2 heteroatoms. The summed E-state index contributed by atoms with van der Waals surface area (Å²) < 4.78 is 0. The summed E-state index contributed by atoms with van der Waals surface area (Å²) in [5.74, 6) is 0. The van der Waals surface area contributed by atoms with Gasteiger partial charge in [-0.25, -0.2) is 0 Å². The van der Waals surface area contributed by atoms with E-state index in [2.05, 4.69) is 30.5 Å². The molecule has 0 radical (unpaired) electrons. The van der Waals surface area contributed by atoms with Gasteiger partial charge in [-0.2, -0.15) is 5.26 Å². The van der Waals surface area contributed by atoms with E-state index in [4.69, 9.17) is 5.26 Å². The lowest BCUT2D eigenvalue weighted by Crippen LogP contribution is -2.24. The van der Waals surface area contributed by atoms with E-state index in [9.17, 15) is 0 Å². The maximum absolute atomic E-state index is 8.86. The van der Waals surface area contributed by atoms with Crippen LogP contribution in [0.1, 0.15) is 30.9 Å². The second kappa shape index (κ2) is 7.65. The molecule has 0 aliphatic carbocycles. The minimum atomic E-state index is 0.733. The van der Waals surface area contributed by atoms with Crippen molar-refractivity contribution in [2.75, 3.05) is 13.1 Å². The number of rotatable bonds is 7. The number of hydrogen-bond acceptors (Lipinski definition) is 2. The van der Waals surface area contributed by atoms with Gasteiger partial charge in [0.1, 0.15) is 0 Å². The number of unbranched alkanes of at least 4 members (excludes halogenated alkanes) is 1. The van der Waals surface area contributed by atoms with E-state index in [1.807, 2.05) is 24.3 Å². The predicted molar refractivity (Wildman–Crippen MR) is 71.5 cm³/mol. The maximum atomic E-state index is 8.86. The van der Waals surface area contributed by atoms with Crippen LogP contribution in [0.5, 0.6) is 0 Å². The Hall–Kier alpha value is -1.59. The van der Waals surface area contributed by atoms with E-state index < -0.39 is 0 Å². The minimum absolute atomic E-state index is 0.733. The Kier molecular flexibility index (Phi) is 6.06. The molecule has 0 aromatic heterocycles. The Morgan fingerprint density at radius 1 is 1.47 bits per heavy atom. The largest absolute Gasteiger partial charge is 0.295 e. The van der Waals surface area contributed by atoms with Crippen LogP contribution in [-0.4, -0.2) is 18.0 Å². The van der Waals surface area contributed by atoms with Crippen molar-refractivity contribution in [2.24, 2.45) is 0 Å². The topological polar surface area (TPSA) is 27.0 Å². The summed E-state index contributed by atoms with van der Waals surface area (Å²) in [6.45, 7) is 8.86. The molecule has 0 aliphatic heterocycles. The van der Waals surface area contributed by atoms with Gasteiger partial charge >= 0.3 is 0 Å². The van der Waals surface area contributed by atoms with Crippen LogP contribution in [0.4, 0.5) is 0 Å². The number of benzene rings is 1. The van der Waals surface area contributed by atoms with E-state index in [0.29, 0.717) is 0 Å². The Morgan fingerprint density at radius 3 is 2.94 bits per heavy atom. The molecule has 0 aliphatic rings. The molecule has 0 atom stereocenters. The van der Waals surface area contributed by atoms with Gasteiger partial charge in [-0.05, 0) is 30.7 Å². The van der Waals surface area contributed by atoms with Crippen molar-refractivity contribution in [1.82, 2.24) is 4.90 Å². The van der Waals surface area contributed by atoms with Crippen molar-refractivity contribution in [3.63, 3.8) is 0 Å². The van der Waals surface area contributed by atoms with Crippen LogP contribution in [0.3, 0.4) is 0 Å². The normalized spacial score (nSPS) is 10.2. The molecular formula is C15H20N2. The van der Waals surface area contributed by atoms with E-state index in [1.54, 1.807) is 0 Å². The fourth-order valence-corrected chi connectivity index (χ4v) is 1.80. The van der Waals surface area contributed by atoms with Crippen LogP contribution in [0.15, 0.2) is 36.9 Å². The molecule has 0 heterocycles. The molecule has 0 N–H and O–H groups in total. The van der Waals surface area contributed by atoms with E-state index in [1.165, 1.54) is 18.4 Å². The molecule has 1 aromatic carbocycles. The highest BCUT2D eigenvalue weighted by atomic mass is 15.1. The molecule has 0 fully saturated rings. The van der Waals surface area contributed by atoms with E-state index in [-0.39, 0.29) is 0 Å². The molecular weight excluding hydrogens is 208 g/mol. The summed E-state index contributed by atoms with van der Waals surface area (Å²) in [5, 5.41) is 8.86. The first kappa shape index (κ1) is 13.5. The van der Waals surface area contributed by atoms with E-state index in [0.717, 1.165) is 25.2 Å². The lowest BCUT2D eigenvalue weighted by molar-refractivity contribution is 0.289. The Bertz CT molecular complexity index is 390. The SMILES string of the molecule is C=CCN(CCCC)Cc1cccc(C#N)c1.